The lowest BCUT2D eigenvalue weighted by Crippen LogP contribution is -2.43. The van der Waals surface area contributed by atoms with Crippen molar-refractivity contribution in [1.82, 2.24) is 4.90 Å². The summed E-state index contributed by atoms with van der Waals surface area (Å²) >= 11 is 0. The third-order valence-electron chi connectivity index (χ3n) is 3.89. The van der Waals surface area contributed by atoms with Gasteiger partial charge in [-0.3, -0.25) is 4.90 Å². The van der Waals surface area contributed by atoms with Crippen molar-refractivity contribution in [2.45, 2.75) is 32.6 Å². The predicted octanol–water partition coefficient (Wildman–Crippen LogP) is 0.668. The molecule has 0 bridgehead atoms. The number of aliphatic hydroxyl groups is 2. The minimum absolute atomic E-state index is 0.0747. The summed E-state index contributed by atoms with van der Waals surface area (Å²) in [5, 5.41) is 18.0. The minimum atomic E-state index is -0.253. The first kappa shape index (κ1) is 14.6. The zero-order chi connectivity index (χ0) is 12.7. The molecule has 0 aromatic rings. The summed E-state index contributed by atoms with van der Waals surface area (Å²) in [4.78, 5) is 13.4. The molecule has 0 saturated heterocycles. The van der Waals surface area contributed by atoms with Gasteiger partial charge < -0.3 is 15.0 Å². The molecular weight excluding hydrogens is 218 g/mol. The van der Waals surface area contributed by atoms with Crippen molar-refractivity contribution in [3.63, 3.8) is 0 Å². The number of hydrogen-bond acceptors (Lipinski definition) is 4. The highest BCUT2D eigenvalue weighted by atomic mass is 16.3. The summed E-state index contributed by atoms with van der Waals surface area (Å²) in [6.45, 7) is 4.12. The van der Waals surface area contributed by atoms with Gasteiger partial charge in [0.25, 0.3) is 0 Å². The van der Waals surface area contributed by atoms with E-state index in [4.69, 9.17) is 10.2 Å². The molecule has 0 amide bonds. The fraction of sp³-hybridized carbons (Fsp3) is 0.923. The number of aldehydes is 1. The Bertz CT molecular complexity index is 219. The third kappa shape index (κ3) is 4.37. The van der Waals surface area contributed by atoms with Gasteiger partial charge in [-0.25, -0.2) is 0 Å². The number of rotatable bonds is 7. The summed E-state index contributed by atoms with van der Waals surface area (Å²) in [6, 6.07) is 0. The lowest BCUT2D eigenvalue weighted by molar-refractivity contribution is -0.119. The van der Waals surface area contributed by atoms with Crippen LogP contribution >= 0.6 is 0 Å². The lowest BCUT2D eigenvalue weighted by atomic mass is 9.71. The second-order valence-corrected chi connectivity index (χ2v) is 5.39. The predicted molar refractivity (Wildman–Crippen MR) is 66.7 cm³/mol. The lowest BCUT2D eigenvalue weighted by Gasteiger charge is -2.38. The standard InChI is InChI=1S/C13H25NO3/c1-12-2-4-13(11-17,5-3-12)10-14(6-8-15)7-9-16/h11-12,15-16H,2-10H2,1H3. The SMILES string of the molecule is CC1CCC(C=O)(CN(CCO)CCO)CC1. The Hall–Kier alpha value is -0.450. The highest BCUT2D eigenvalue weighted by Gasteiger charge is 2.35. The molecule has 1 fully saturated rings. The fourth-order valence-corrected chi connectivity index (χ4v) is 2.65. The van der Waals surface area contributed by atoms with E-state index in [1.807, 2.05) is 4.90 Å². The minimum Gasteiger partial charge on any atom is -0.395 e. The largest absolute Gasteiger partial charge is 0.395 e. The van der Waals surface area contributed by atoms with Gasteiger partial charge in [0, 0.05) is 25.0 Å². The summed E-state index contributed by atoms with van der Waals surface area (Å²) in [7, 11) is 0. The van der Waals surface area contributed by atoms with Crippen LogP contribution in [-0.2, 0) is 4.79 Å². The molecule has 0 radical (unpaired) electrons. The molecule has 1 saturated carbocycles. The Balaban J connectivity index is 2.56. The molecule has 0 heterocycles. The van der Waals surface area contributed by atoms with Crippen LogP contribution in [0.3, 0.4) is 0 Å². The zero-order valence-corrected chi connectivity index (χ0v) is 10.8. The van der Waals surface area contributed by atoms with Gasteiger partial charge in [-0.2, -0.15) is 0 Å². The number of nitrogens with zero attached hydrogens (tertiary/aromatic N) is 1. The molecular formula is C13H25NO3. The van der Waals surface area contributed by atoms with Crippen molar-refractivity contribution >= 4 is 6.29 Å². The smallest absolute Gasteiger partial charge is 0.127 e. The van der Waals surface area contributed by atoms with Crippen LogP contribution in [0.1, 0.15) is 32.6 Å². The van der Waals surface area contributed by atoms with E-state index >= 15 is 0 Å². The van der Waals surface area contributed by atoms with Crippen LogP contribution in [0.2, 0.25) is 0 Å². The van der Waals surface area contributed by atoms with E-state index < -0.39 is 0 Å². The topological polar surface area (TPSA) is 60.8 Å². The average molecular weight is 243 g/mol. The van der Waals surface area contributed by atoms with Crippen LogP contribution < -0.4 is 0 Å². The molecule has 1 aliphatic rings. The Morgan fingerprint density at radius 3 is 2.18 bits per heavy atom. The fourth-order valence-electron chi connectivity index (χ4n) is 2.65. The average Bonchev–Trinajstić information content (AvgIpc) is 2.33. The van der Waals surface area contributed by atoms with Crippen molar-refractivity contribution in [2.75, 3.05) is 32.8 Å². The Kier molecular flexibility index (Phi) is 6.09. The maximum absolute atomic E-state index is 11.4. The molecule has 0 atom stereocenters. The van der Waals surface area contributed by atoms with Crippen molar-refractivity contribution in [2.24, 2.45) is 11.3 Å². The van der Waals surface area contributed by atoms with E-state index in [2.05, 4.69) is 6.92 Å². The maximum atomic E-state index is 11.4. The molecule has 17 heavy (non-hydrogen) atoms. The first-order valence-electron chi connectivity index (χ1n) is 6.56. The molecule has 0 aromatic heterocycles. The normalized spacial score (nSPS) is 29.5. The van der Waals surface area contributed by atoms with Gasteiger partial charge in [-0.1, -0.05) is 6.92 Å². The van der Waals surface area contributed by atoms with Crippen molar-refractivity contribution in [3.05, 3.63) is 0 Å². The monoisotopic (exact) mass is 243 g/mol. The van der Waals surface area contributed by atoms with Gasteiger partial charge in [0.05, 0.1) is 13.2 Å². The maximum Gasteiger partial charge on any atom is 0.127 e. The van der Waals surface area contributed by atoms with Crippen LogP contribution in [0, 0.1) is 11.3 Å². The first-order valence-corrected chi connectivity index (χ1v) is 6.56. The first-order chi connectivity index (χ1) is 8.15. The van der Waals surface area contributed by atoms with Crippen molar-refractivity contribution < 1.29 is 15.0 Å². The summed E-state index contributed by atoms with van der Waals surface area (Å²) in [6.07, 6.45) is 5.17. The number of hydrogen-bond donors (Lipinski definition) is 2. The summed E-state index contributed by atoms with van der Waals surface area (Å²) < 4.78 is 0. The second-order valence-electron chi connectivity index (χ2n) is 5.39. The van der Waals surface area contributed by atoms with E-state index in [-0.39, 0.29) is 18.6 Å². The number of aliphatic hydroxyl groups excluding tert-OH is 2. The second kappa shape index (κ2) is 7.09. The summed E-state index contributed by atoms with van der Waals surface area (Å²) in [5.74, 6) is 0.715. The molecule has 100 valence electrons. The molecule has 0 aromatic carbocycles. The molecule has 1 rings (SSSR count). The van der Waals surface area contributed by atoms with Gasteiger partial charge in [0.15, 0.2) is 0 Å². The van der Waals surface area contributed by atoms with Gasteiger partial charge in [0.2, 0.25) is 0 Å². The van der Waals surface area contributed by atoms with Crippen LogP contribution in [0.5, 0.6) is 0 Å². The number of carbonyl (C=O) groups excluding carboxylic acids is 1. The third-order valence-corrected chi connectivity index (χ3v) is 3.89. The Labute approximate surface area is 104 Å². The van der Waals surface area contributed by atoms with Crippen LogP contribution in [0.15, 0.2) is 0 Å². The molecule has 0 spiro atoms. The quantitative estimate of drug-likeness (QED) is 0.645. The zero-order valence-electron chi connectivity index (χ0n) is 10.8. The molecule has 0 aliphatic heterocycles. The van der Waals surface area contributed by atoms with Gasteiger partial charge >= 0.3 is 0 Å². The van der Waals surface area contributed by atoms with Crippen LogP contribution in [0.25, 0.3) is 0 Å². The molecule has 4 heteroatoms. The van der Waals surface area contributed by atoms with Crippen molar-refractivity contribution in [1.29, 1.82) is 0 Å². The van der Waals surface area contributed by atoms with Gasteiger partial charge in [0.1, 0.15) is 6.29 Å². The van der Waals surface area contributed by atoms with E-state index in [1.165, 1.54) is 0 Å². The molecule has 2 N–H and O–H groups in total. The van der Waals surface area contributed by atoms with Crippen LogP contribution in [-0.4, -0.2) is 54.2 Å². The van der Waals surface area contributed by atoms with Crippen LogP contribution in [0.4, 0.5) is 0 Å². The Morgan fingerprint density at radius 1 is 1.24 bits per heavy atom. The number of carbonyl (C=O) groups is 1. The molecule has 1 aliphatic carbocycles. The van der Waals surface area contributed by atoms with Crippen molar-refractivity contribution in [3.8, 4) is 0 Å². The highest BCUT2D eigenvalue weighted by molar-refractivity contribution is 5.60. The summed E-state index contributed by atoms with van der Waals surface area (Å²) in [5.41, 5.74) is -0.253. The molecule has 4 nitrogen and oxygen atoms in total. The van der Waals surface area contributed by atoms with E-state index in [9.17, 15) is 4.79 Å². The Morgan fingerprint density at radius 2 is 1.76 bits per heavy atom. The van der Waals surface area contributed by atoms with E-state index in [0.29, 0.717) is 25.6 Å². The van der Waals surface area contributed by atoms with E-state index in [0.717, 1.165) is 32.0 Å². The highest BCUT2D eigenvalue weighted by Crippen LogP contribution is 2.37. The van der Waals surface area contributed by atoms with Gasteiger partial charge in [-0.05, 0) is 31.6 Å². The van der Waals surface area contributed by atoms with E-state index in [1.54, 1.807) is 0 Å². The van der Waals surface area contributed by atoms with Gasteiger partial charge in [-0.15, -0.1) is 0 Å². The molecule has 0 unspecified atom stereocenters.